The Morgan fingerprint density at radius 2 is 1.85 bits per heavy atom. The van der Waals surface area contributed by atoms with Crippen LogP contribution in [0.3, 0.4) is 0 Å². The van der Waals surface area contributed by atoms with Crippen molar-refractivity contribution in [2.45, 2.75) is 13.8 Å². The van der Waals surface area contributed by atoms with Crippen molar-refractivity contribution in [3.05, 3.63) is 58.9 Å². The Balaban J connectivity index is 1.40. The van der Waals surface area contributed by atoms with Crippen LogP contribution in [-0.4, -0.2) is 48.9 Å². The number of amides is 3. The lowest BCUT2D eigenvalue weighted by molar-refractivity contribution is -0.116. The van der Waals surface area contributed by atoms with Crippen LogP contribution in [-0.2, 0) is 4.79 Å². The summed E-state index contributed by atoms with van der Waals surface area (Å²) in [7, 11) is 0. The van der Waals surface area contributed by atoms with Gasteiger partial charge >= 0.3 is 0 Å². The van der Waals surface area contributed by atoms with Crippen molar-refractivity contribution < 1.29 is 28.3 Å². The Hall–Kier alpha value is -3.79. The maximum absolute atomic E-state index is 13.1. The highest BCUT2D eigenvalue weighted by atomic mass is 32.1. The Morgan fingerprint density at radius 3 is 2.58 bits per heavy atom. The third kappa shape index (κ3) is 5.17. The molecule has 33 heavy (non-hydrogen) atoms. The Bertz CT molecular complexity index is 1170. The lowest BCUT2D eigenvalue weighted by Crippen LogP contribution is -2.37. The first kappa shape index (κ1) is 22.4. The molecule has 2 aromatic heterocycles. The molecular weight excluding hydrogens is 446 g/mol. The number of hydrogen-bond donors (Lipinski definition) is 2. The third-order valence-electron chi connectivity index (χ3n) is 4.92. The van der Waals surface area contributed by atoms with E-state index in [2.05, 4.69) is 10.6 Å². The molecule has 1 aromatic carbocycles. The highest BCUT2D eigenvalue weighted by molar-refractivity contribution is 7.18. The fraction of sp³-hybridized carbons (Fsp3) is 0.261. The number of likely N-dealkylation sites (N-methyl/N-ethyl adjacent to an activating group) is 1. The van der Waals surface area contributed by atoms with Gasteiger partial charge < -0.3 is 29.4 Å². The summed E-state index contributed by atoms with van der Waals surface area (Å²) in [6.07, 6.45) is 1.42. The van der Waals surface area contributed by atoms with Crippen molar-refractivity contribution in [2.75, 3.05) is 36.9 Å². The fourth-order valence-corrected chi connectivity index (χ4v) is 4.34. The SMILES string of the molecule is CCN(CC(=O)Nc1ccc2c(c1)OCCO2)C(=O)c1sc(NC(=O)c2ccco2)cc1C. The Kier molecular flexibility index (Phi) is 6.64. The number of fused-ring (bicyclic) bond motifs is 1. The molecule has 1 aliphatic rings. The molecule has 0 atom stereocenters. The van der Waals surface area contributed by atoms with Gasteiger partial charge in [-0.1, -0.05) is 0 Å². The number of ether oxygens (including phenoxy) is 2. The van der Waals surface area contributed by atoms with Crippen molar-refractivity contribution in [3.8, 4) is 11.5 Å². The molecule has 10 heteroatoms. The van der Waals surface area contributed by atoms with Crippen LogP contribution in [0.25, 0.3) is 0 Å². The lowest BCUT2D eigenvalue weighted by Gasteiger charge is -2.21. The van der Waals surface area contributed by atoms with E-state index in [1.54, 1.807) is 50.2 Å². The molecular formula is C23H23N3O6S. The first-order valence-corrected chi connectivity index (χ1v) is 11.2. The molecule has 0 bridgehead atoms. The quantitative estimate of drug-likeness (QED) is 0.545. The zero-order chi connectivity index (χ0) is 23.4. The summed E-state index contributed by atoms with van der Waals surface area (Å²) >= 11 is 1.16. The Morgan fingerprint density at radius 1 is 1.06 bits per heavy atom. The highest BCUT2D eigenvalue weighted by Crippen LogP contribution is 2.32. The van der Waals surface area contributed by atoms with E-state index < -0.39 is 5.91 Å². The summed E-state index contributed by atoms with van der Waals surface area (Å²) < 4.78 is 16.1. The number of carbonyl (C=O) groups is 3. The van der Waals surface area contributed by atoms with Gasteiger partial charge in [0, 0.05) is 18.3 Å². The molecule has 0 unspecified atom stereocenters. The van der Waals surface area contributed by atoms with E-state index >= 15 is 0 Å². The van der Waals surface area contributed by atoms with Gasteiger partial charge in [0.2, 0.25) is 5.91 Å². The monoisotopic (exact) mass is 469 g/mol. The third-order valence-corrected chi connectivity index (χ3v) is 6.06. The van der Waals surface area contributed by atoms with Crippen LogP contribution in [0.1, 0.15) is 32.7 Å². The minimum absolute atomic E-state index is 0.116. The molecule has 0 aliphatic carbocycles. The molecule has 0 saturated heterocycles. The van der Waals surface area contributed by atoms with Crippen LogP contribution in [0.5, 0.6) is 11.5 Å². The number of nitrogens with one attached hydrogen (secondary N) is 2. The zero-order valence-electron chi connectivity index (χ0n) is 18.2. The maximum Gasteiger partial charge on any atom is 0.291 e. The number of nitrogens with zero attached hydrogens (tertiary/aromatic N) is 1. The topological polar surface area (TPSA) is 110 Å². The van der Waals surface area contributed by atoms with Gasteiger partial charge in [-0.2, -0.15) is 0 Å². The normalized spacial score (nSPS) is 12.2. The first-order chi connectivity index (χ1) is 15.9. The summed E-state index contributed by atoms with van der Waals surface area (Å²) in [5.41, 5.74) is 1.27. The van der Waals surface area contributed by atoms with Gasteiger partial charge in [0.1, 0.15) is 19.8 Å². The van der Waals surface area contributed by atoms with E-state index in [0.717, 1.165) is 11.3 Å². The average molecular weight is 470 g/mol. The van der Waals surface area contributed by atoms with E-state index in [9.17, 15) is 14.4 Å². The molecule has 2 N–H and O–H groups in total. The van der Waals surface area contributed by atoms with E-state index in [0.29, 0.717) is 52.4 Å². The molecule has 0 saturated carbocycles. The molecule has 1 aliphatic heterocycles. The summed E-state index contributed by atoms with van der Waals surface area (Å²) in [5, 5.41) is 6.04. The van der Waals surface area contributed by atoms with Gasteiger partial charge in [-0.15, -0.1) is 11.3 Å². The van der Waals surface area contributed by atoms with E-state index in [4.69, 9.17) is 13.9 Å². The van der Waals surface area contributed by atoms with E-state index in [-0.39, 0.29) is 24.1 Å². The van der Waals surface area contributed by atoms with E-state index in [1.807, 2.05) is 0 Å². The maximum atomic E-state index is 13.1. The number of hydrogen-bond acceptors (Lipinski definition) is 7. The summed E-state index contributed by atoms with van der Waals surface area (Å²) in [5.74, 6) is 0.373. The van der Waals surface area contributed by atoms with Crippen molar-refractivity contribution in [2.24, 2.45) is 0 Å². The van der Waals surface area contributed by atoms with Gasteiger partial charge in [0.25, 0.3) is 11.8 Å². The number of anilines is 2. The number of thiophene rings is 1. The average Bonchev–Trinajstić information content (AvgIpc) is 3.47. The second kappa shape index (κ2) is 9.78. The second-order valence-electron chi connectivity index (χ2n) is 7.28. The predicted octanol–water partition coefficient (Wildman–Crippen LogP) is 3.77. The van der Waals surface area contributed by atoms with Crippen LogP contribution in [0.4, 0.5) is 10.7 Å². The molecule has 172 valence electrons. The molecule has 3 aromatic rings. The predicted molar refractivity (Wildman–Crippen MR) is 123 cm³/mol. The standard InChI is InChI=1S/C23H23N3O6S/c1-3-26(13-19(27)24-15-6-7-16-18(12-15)32-10-9-31-16)23(29)21-14(2)11-20(33-21)25-22(28)17-5-4-8-30-17/h4-8,11-12H,3,9-10,13H2,1-2H3,(H,24,27)(H,25,28). The molecule has 3 heterocycles. The molecule has 0 radical (unpaired) electrons. The van der Waals surface area contributed by atoms with Crippen LogP contribution in [0.2, 0.25) is 0 Å². The van der Waals surface area contributed by atoms with Crippen LogP contribution < -0.4 is 20.1 Å². The number of benzene rings is 1. The minimum Gasteiger partial charge on any atom is -0.486 e. The number of rotatable bonds is 7. The highest BCUT2D eigenvalue weighted by Gasteiger charge is 2.23. The second-order valence-corrected chi connectivity index (χ2v) is 8.33. The van der Waals surface area contributed by atoms with Gasteiger partial charge in [-0.3, -0.25) is 14.4 Å². The number of furan rings is 1. The summed E-state index contributed by atoms with van der Waals surface area (Å²) in [6, 6.07) is 10.1. The van der Waals surface area contributed by atoms with Gasteiger partial charge in [0.15, 0.2) is 17.3 Å². The molecule has 0 fully saturated rings. The van der Waals surface area contributed by atoms with Crippen molar-refractivity contribution in [3.63, 3.8) is 0 Å². The lowest BCUT2D eigenvalue weighted by atomic mass is 10.2. The molecule has 0 spiro atoms. The first-order valence-electron chi connectivity index (χ1n) is 10.4. The summed E-state index contributed by atoms with van der Waals surface area (Å²) in [6.45, 7) is 4.76. The van der Waals surface area contributed by atoms with Crippen LogP contribution in [0, 0.1) is 6.92 Å². The minimum atomic E-state index is -0.397. The molecule has 4 rings (SSSR count). The molecule has 3 amide bonds. The summed E-state index contributed by atoms with van der Waals surface area (Å²) in [4.78, 5) is 39.8. The molecule has 9 nitrogen and oxygen atoms in total. The smallest absolute Gasteiger partial charge is 0.291 e. The Labute approximate surface area is 194 Å². The van der Waals surface area contributed by atoms with Crippen molar-refractivity contribution in [1.82, 2.24) is 4.90 Å². The number of aryl methyl sites for hydroxylation is 1. The van der Waals surface area contributed by atoms with Crippen LogP contribution in [0.15, 0.2) is 47.1 Å². The van der Waals surface area contributed by atoms with Crippen LogP contribution >= 0.6 is 11.3 Å². The van der Waals surface area contributed by atoms with E-state index in [1.165, 1.54) is 11.2 Å². The van der Waals surface area contributed by atoms with Gasteiger partial charge in [-0.25, -0.2) is 0 Å². The fourth-order valence-electron chi connectivity index (χ4n) is 3.30. The van der Waals surface area contributed by atoms with Gasteiger partial charge in [0.05, 0.1) is 16.1 Å². The van der Waals surface area contributed by atoms with Crippen molar-refractivity contribution >= 4 is 39.7 Å². The number of carbonyl (C=O) groups excluding carboxylic acids is 3. The zero-order valence-corrected chi connectivity index (χ0v) is 19.0. The largest absolute Gasteiger partial charge is 0.486 e. The van der Waals surface area contributed by atoms with Gasteiger partial charge in [-0.05, 0) is 49.7 Å². The van der Waals surface area contributed by atoms with Crippen molar-refractivity contribution in [1.29, 1.82) is 0 Å².